The van der Waals surface area contributed by atoms with Crippen LogP contribution < -0.4 is 9.62 Å². The van der Waals surface area contributed by atoms with E-state index in [1.54, 1.807) is 31.2 Å². The summed E-state index contributed by atoms with van der Waals surface area (Å²) in [5.74, 6) is -0.365. The number of carbonyl (C=O) groups excluding carboxylic acids is 1. The van der Waals surface area contributed by atoms with E-state index in [4.69, 9.17) is 11.6 Å². The lowest BCUT2D eigenvalue weighted by molar-refractivity contribution is -0.123. The summed E-state index contributed by atoms with van der Waals surface area (Å²) in [5.41, 5.74) is 0.953. The minimum absolute atomic E-state index is 0.365. The van der Waals surface area contributed by atoms with Crippen molar-refractivity contribution in [2.45, 2.75) is 38.8 Å². The van der Waals surface area contributed by atoms with Gasteiger partial charge in [-0.2, -0.15) is 0 Å². The highest BCUT2D eigenvalue weighted by atomic mass is 35.5. The molecule has 0 radical (unpaired) electrons. The SMILES string of the molecule is C[C@@H](C(=O)NC(C)(C)Cc1ccccc1)N(c1ccc(Cl)cc1)S(C)(=O)=O. The highest BCUT2D eigenvalue weighted by molar-refractivity contribution is 7.92. The fourth-order valence-electron chi connectivity index (χ4n) is 2.99. The lowest BCUT2D eigenvalue weighted by Crippen LogP contribution is -2.54. The number of hydrogen-bond acceptors (Lipinski definition) is 3. The number of anilines is 1. The maximum absolute atomic E-state index is 12.8. The van der Waals surface area contributed by atoms with E-state index < -0.39 is 21.6 Å². The van der Waals surface area contributed by atoms with Gasteiger partial charge in [-0.05, 0) is 57.0 Å². The van der Waals surface area contributed by atoms with E-state index in [0.29, 0.717) is 17.1 Å². The van der Waals surface area contributed by atoms with Crippen LogP contribution in [0.1, 0.15) is 26.3 Å². The fourth-order valence-corrected chi connectivity index (χ4v) is 4.29. The molecule has 0 aliphatic rings. The van der Waals surface area contributed by atoms with Crippen molar-refractivity contribution < 1.29 is 13.2 Å². The first-order valence-corrected chi connectivity index (χ1v) is 10.8. The maximum Gasteiger partial charge on any atom is 0.244 e. The van der Waals surface area contributed by atoms with Crippen LogP contribution in [0, 0.1) is 0 Å². The molecule has 0 unspecified atom stereocenters. The molecular weight excluding hydrogens is 384 g/mol. The summed E-state index contributed by atoms with van der Waals surface area (Å²) in [6.07, 6.45) is 1.71. The average molecular weight is 409 g/mol. The Morgan fingerprint density at radius 1 is 1.11 bits per heavy atom. The first-order chi connectivity index (χ1) is 12.5. The second kappa shape index (κ2) is 8.31. The average Bonchev–Trinajstić information content (AvgIpc) is 2.55. The molecule has 2 aromatic carbocycles. The zero-order chi connectivity index (χ0) is 20.2. The van der Waals surface area contributed by atoms with Crippen molar-refractivity contribution in [2.75, 3.05) is 10.6 Å². The standard InChI is InChI=1S/C20H25ClN2O3S/c1-15(23(27(4,25)26)18-12-10-17(21)11-13-18)19(24)22-20(2,3)14-16-8-6-5-7-9-16/h5-13,15H,14H2,1-4H3,(H,22,24)/t15-/m0/s1. The largest absolute Gasteiger partial charge is 0.349 e. The second-order valence-corrected chi connectivity index (χ2v) is 9.54. The van der Waals surface area contributed by atoms with Gasteiger partial charge in [-0.15, -0.1) is 0 Å². The highest BCUT2D eigenvalue weighted by Gasteiger charge is 2.32. The third-order valence-corrected chi connectivity index (χ3v) is 5.61. The molecule has 2 aromatic rings. The summed E-state index contributed by atoms with van der Waals surface area (Å²) in [7, 11) is -3.66. The van der Waals surface area contributed by atoms with Crippen LogP contribution in [0.5, 0.6) is 0 Å². The number of nitrogens with one attached hydrogen (secondary N) is 1. The van der Waals surface area contributed by atoms with Gasteiger partial charge in [-0.1, -0.05) is 41.9 Å². The summed E-state index contributed by atoms with van der Waals surface area (Å²) < 4.78 is 25.8. The molecular formula is C20H25ClN2O3S. The number of hydrogen-bond donors (Lipinski definition) is 1. The summed E-state index contributed by atoms with van der Waals surface area (Å²) in [5, 5.41) is 3.46. The number of halogens is 1. The molecule has 27 heavy (non-hydrogen) atoms. The highest BCUT2D eigenvalue weighted by Crippen LogP contribution is 2.23. The van der Waals surface area contributed by atoms with E-state index >= 15 is 0 Å². The Morgan fingerprint density at radius 2 is 1.67 bits per heavy atom. The van der Waals surface area contributed by atoms with Crippen molar-refractivity contribution in [1.82, 2.24) is 5.32 Å². The molecule has 0 aromatic heterocycles. The Morgan fingerprint density at radius 3 is 2.19 bits per heavy atom. The van der Waals surface area contributed by atoms with Gasteiger partial charge in [0.25, 0.3) is 0 Å². The number of amides is 1. The van der Waals surface area contributed by atoms with Crippen LogP contribution in [0.3, 0.4) is 0 Å². The topological polar surface area (TPSA) is 66.5 Å². The van der Waals surface area contributed by atoms with Crippen molar-refractivity contribution in [1.29, 1.82) is 0 Å². The molecule has 0 spiro atoms. The Kier molecular flexibility index (Phi) is 6.54. The van der Waals surface area contributed by atoms with Crippen molar-refractivity contribution >= 4 is 33.2 Å². The fraction of sp³-hybridized carbons (Fsp3) is 0.350. The smallest absolute Gasteiger partial charge is 0.244 e. The number of nitrogens with zero attached hydrogens (tertiary/aromatic N) is 1. The van der Waals surface area contributed by atoms with Gasteiger partial charge < -0.3 is 5.32 Å². The van der Waals surface area contributed by atoms with E-state index in [9.17, 15) is 13.2 Å². The molecule has 146 valence electrons. The molecule has 0 aliphatic carbocycles. The predicted molar refractivity (Wildman–Crippen MR) is 111 cm³/mol. The summed E-state index contributed by atoms with van der Waals surface area (Å²) in [6.45, 7) is 5.40. The minimum Gasteiger partial charge on any atom is -0.349 e. The molecule has 2 rings (SSSR count). The number of sulfonamides is 1. The molecule has 0 heterocycles. The Labute approximate surface area is 166 Å². The van der Waals surface area contributed by atoms with Crippen LogP contribution in [0.15, 0.2) is 54.6 Å². The van der Waals surface area contributed by atoms with Crippen LogP contribution in [0.2, 0.25) is 5.02 Å². The van der Waals surface area contributed by atoms with Crippen molar-refractivity contribution in [2.24, 2.45) is 0 Å². The molecule has 0 aliphatic heterocycles. The zero-order valence-corrected chi connectivity index (χ0v) is 17.5. The van der Waals surface area contributed by atoms with Gasteiger partial charge in [-0.25, -0.2) is 8.42 Å². The molecule has 1 amide bonds. The van der Waals surface area contributed by atoms with Crippen LogP contribution in [0.4, 0.5) is 5.69 Å². The summed E-state index contributed by atoms with van der Waals surface area (Å²) in [6, 6.07) is 15.3. The first-order valence-electron chi connectivity index (χ1n) is 8.60. The van der Waals surface area contributed by atoms with Gasteiger partial charge in [-0.3, -0.25) is 9.10 Å². The summed E-state index contributed by atoms with van der Waals surface area (Å²) >= 11 is 5.89. The second-order valence-electron chi connectivity index (χ2n) is 7.25. The van der Waals surface area contributed by atoms with Crippen LogP contribution in [0.25, 0.3) is 0 Å². The quantitative estimate of drug-likeness (QED) is 0.760. The maximum atomic E-state index is 12.8. The summed E-state index contributed by atoms with van der Waals surface area (Å²) in [4.78, 5) is 12.8. The van der Waals surface area contributed by atoms with E-state index in [1.807, 2.05) is 44.2 Å². The normalized spacial score (nSPS) is 13.1. The van der Waals surface area contributed by atoms with E-state index in [0.717, 1.165) is 16.1 Å². The van der Waals surface area contributed by atoms with Crippen LogP contribution >= 0.6 is 11.6 Å². The Balaban J connectivity index is 2.20. The molecule has 1 N–H and O–H groups in total. The van der Waals surface area contributed by atoms with Gasteiger partial charge in [0.15, 0.2) is 0 Å². The van der Waals surface area contributed by atoms with Gasteiger partial charge in [0.05, 0.1) is 11.9 Å². The zero-order valence-electron chi connectivity index (χ0n) is 15.9. The van der Waals surface area contributed by atoms with Crippen LogP contribution in [-0.2, 0) is 21.2 Å². The molecule has 0 saturated carbocycles. The predicted octanol–water partition coefficient (Wildman–Crippen LogP) is 3.63. The van der Waals surface area contributed by atoms with Crippen molar-refractivity contribution in [3.63, 3.8) is 0 Å². The third kappa shape index (κ3) is 5.97. The van der Waals surface area contributed by atoms with E-state index in [-0.39, 0.29) is 5.91 Å². The molecule has 0 bridgehead atoms. The molecule has 0 saturated heterocycles. The van der Waals surface area contributed by atoms with Crippen molar-refractivity contribution in [3.8, 4) is 0 Å². The molecule has 1 atom stereocenters. The van der Waals surface area contributed by atoms with Crippen molar-refractivity contribution in [3.05, 3.63) is 65.2 Å². The number of rotatable bonds is 7. The minimum atomic E-state index is -3.66. The van der Waals surface area contributed by atoms with E-state index in [1.165, 1.54) is 0 Å². The van der Waals surface area contributed by atoms with E-state index in [2.05, 4.69) is 5.32 Å². The van der Waals surface area contributed by atoms with Gasteiger partial charge in [0.2, 0.25) is 15.9 Å². The first kappa shape index (κ1) is 21.3. The molecule has 5 nitrogen and oxygen atoms in total. The lowest BCUT2D eigenvalue weighted by Gasteiger charge is -2.32. The molecule has 0 fully saturated rings. The number of carbonyl (C=O) groups is 1. The molecule has 7 heteroatoms. The third-order valence-electron chi connectivity index (χ3n) is 4.12. The Bertz CT molecular complexity index is 881. The van der Waals surface area contributed by atoms with Gasteiger partial charge in [0.1, 0.15) is 6.04 Å². The van der Waals surface area contributed by atoms with Gasteiger partial charge >= 0.3 is 0 Å². The monoisotopic (exact) mass is 408 g/mol. The van der Waals surface area contributed by atoms with Gasteiger partial charge in [0, 0.05) is 10.6 Å². The Hall–Kier alpha value is -2.05. The van der Waals surface area contributed by atoms with Crippen LogP contribution in [-0.4, -0.2) is 32.2 Å². The number of benzene rings is 2. The lowest BCUT2D eigenvalue weighted by atomic mass is 9.94.